The van der Waals surface area contributed by atoms with Gasteiger partial charge in [0.1, 0.15) is 11.8 Å². The number of likely N-dealkylation sites (tertiary alicyclic amines) is 1. The minimum atomic E-state index is 0.0631. The van der Waals surface area contributed by atoms with Crippen molar-refractivity contribution in [2.45, 2.75) is 38.1 Å². The zero-order valence-electron chi connectivity index (χ0n) is 10.4. The number of amides is 1. The number of hydrogen-bond donors (Lipinski definition) is 1. The molecule has 1 aromatic rings. The molecule has 0 radical (unpaired) electrons. The number of fused-ring (bicyclic) bond motifs is 1. The van der Waals surface area contributed by atoms with E-state index in [0.717, 1.165) is 19.4 Å². The highest BCUT2D eigenvalue weighted by Gasteiger charge is 2.37. The molecule has 1 amide bonds. The number of carbonyl (C=O) groups excluding carboxylic acids is 1. The Morgan fingerprint density at radius 1 is 1.39 bits per heavy atom. The molecule has 1 aliphatic carbocycles. The molecule has 2 fully saturated rings. The molecular formula is C14H17N3O. The van der Waals surface area contributed by atoms with Gasteiger partial charge in [0.25, 0.3) is 5.91 Å². The van der Waals surface area contributed by atoms with E-state index >= 15 is 0 Å². The van der Waals surface area contributed by atoms with E-state index in [1.165, 1.54) is 19.3 Å². The average Bonchev–Trinajstić information content (AvgIpc) is 3.05. The third-order valence-electron chi connectivity index (χ3n) is 4.30. The summed E-state index contributed by atoms with van der Waals surface area (Å²) in [7, 11) is 0. The molecule has 1 saturated heterocycles. The van der Waals surface area contributed by atoms with Crippen LogP contribution in [0, 0.1) is 17.2 Å². The first kappa shape index (κ1) is 11.3. The van der Waals surface area contributed by atoms with Crippen molar-refractivity contribution in [3.05, 3.63) is 23.5 Å². The van der Waals surface area contributed by atoms with Gasteiger partial charge in [-0.05, 0) is 37.7 Å². The molecule has 1 N–H and O–H groups in total. The number of nitriles is 1. The molecule has 4 nitrogen and oxygen atoms in total. The van der Waals surface area contributed by atoms with Crippen molar-refractivity contribution in [2.24, 2.45) is 5.92 Å². The molecular weight excluding hydrogens is 226 g/mol. The summed E-state index contributed by atoms with van der Waals surface area (Å²) in [5.74, 6) is 0.765. The van der Waals surface area contributed by atoms with Crippen LogP contribution in [0.25, 0.3) is 0 Å². The van der Waals surface area contributed by atoms with Gasteiger partial charge in [-0.2, -0.15) is 5.26 Å². The summed E-state index contributed by atoms with van der Waals surface area (Å²) < 4.78 is 0. The van der Waals surface area contributed by atoms with Crippen LogP contribution in [-0.4, -0.2) is 28.4 Å². The first-order chi connectivity index (χ1) is 8.79. The van der Waals surface area contributed by atoms with E-state index in [9.17, 15) is 4.79 Å². The molecule has 94 valence electrons. The van der Waals surface area contributed by atoms with Crippen LogP contribution in [0.2, 0.25) is 0 Å². The highest BCUT2D eigenvalue weighted by Crippen LogP contribution is 2.37. The van der Waals surface area contributed by atoms with Gasteiger partial charge in [0.2, 0.25) is 0 Å². The molecule has 2 atom stereocenters. The van der Waals surface area contributed by atoms with E-state index in [2.05, 4.69) is 4.98 Å². The van der Waals surface area contributed by atoms with Gasteiger partial charge < -0.3 is 9.88 Å². The summed E-state index contributed by atoms with van der Waals surface area (Å²) in [5.41, 5.74) is 1.08. The monoisotopic (exact) mass is 243 g/mol. The minimum Gasteiger partial charge on any atom is -0.356 e. The van der Waals surface area contributed by atoms with Gasteiger partial charge in [0.05, 0.1) is 5.56 Å². The lowest BCUT2D eigenvalue weighted by Gasteiger charge is -2.37. The van der Waals surface area contributed by atoms with Gasteiger partial charge >= 0.3 is 0 Å². The van der Waals surface area contributed by atoms with Crippen LogP contribution in [-0.2, 0) is 0 Å². The number of piperidine rings is 1. The van der Waals surface area contributed by atoms with Gasteiger partial charge in [-0.3, -0.25) is 4.79 Å². The SMILES string of the molecule is N#Cc1c[nH]c(C(=O)N2CCCC3CCCC32)c1. The van der Waals surface area contributed by atoms with E-state index in [1.54, 1.807) is 12.3 Å². The fourth-order valence-corrected chi connectivity index (χ4v) is 3.44. The van der Waals surface area contributed by atoms with Crippen molar-refractivity contribution in [1.82, 2.24) is 9.88 Å². The predicted molar refractivity (Wildman–Crippen MR) is 66.9 cm³/mol. The second-order valence-corrected chi connectivity index (χ2v) is 5.31. The maximum Gasteiger partial charge on any atom is 0.270 e. The van der Waals surface area contributed by atoms with E-state index in [-0.39, 0.29) is 5.91 Å². The van der Waals surface area contributed by atoms with Crippen molar-refractivity contribution in [2.75, 3.05) is 6.54 Å². The van der Waals surface area contributed by atoms with Gasteiger partial charge in [0, 0.05) is 18.8 Å². The van der Waals surface area contributed by atoms with E-state index < -0.39 is 0 Å². The first-order valence-corrected chi connectivity index (χ1v) is 6.69. The second kappa shape index (κ2) is 4.49. The summed E-state index contributed by atoms with van der Waals surface area (Å²) in [4.78, 5) is 17.4. The van der Waals surface area contributed by atoms with Gasteiger partial charge in [0.15, 0.2) is 0 Å². The van der Waals surface area contributed by atoms with Crippen LogP contribution >= 0.6 is 0 Å². The normalized spacial score (nSPS) is 26.7. The molecule has 2 unspecified atom stereocenters. The van der Waals surface area contributed by atoms with Crippen molar-refractivity contribution in [3.63, 3.8) is 0 Å². The number of H-pyrrole nitrogens is 1. The number of hydrogen-bond acceptors (Lipinski definition) is 2. The van der Waals surface area contributed by atoms with Crippen LogP contribution in [0.15, 0.2) is 12.3 Å². The fraction of sp³-hybridized carbons (Fsp3) is 0.571. The molecule has 1 aromatic heterocycles. The summed E-state index contributed by atoms with van der Waals surface area (Å²) in [6.45, 7) is 0.862. The highest BCUT2D eigenvalue weighted by atomic mass is 16.2. The van der Waals surface area contributed by atoms with E-state index in [1.807, 2.05) is 11.0 Å². The first-order valence-electron chi connectivity index (χ1n) is 6.69. The predicted octanol–water partition coefficient (Wildman–Crippen LogP) is 2.29. The number of nitrogens with zero attached hydrogens (tertiary/aromatic N) is 2. The lowest BCUT2D eigenvalue weighted by atomic mass is 9.92. The van der Waals surface area contributed by atoms with E-state index in [4.69, 9.17) is 5.26 Å². The summed E-state index contributed by atoms with van der Waals surface area (Å²) in [6.07, 6.45) is 7.63. The fourth-order valence-electron chi connectivity index (χ4n) is 3.44. The number of aromatic amines is 1. The third kappa shape index (κ3) is 1.80. The molecule has 2 heterocycles. The molecule has 1 saturated carbocycles. The largest absolute Gasteiger partial charge is 0.356 e. The van der Waals surface area contributed by atoms with Gasteiger partial charge in [-0.25, -0.2) is 0 Å². The van der Waals surface area contributed by atoms with Crippen molar-refractivity contribution >= 4 is 5.91 Å². The molecule has 3 rings (SSSR count). The Kier molecular flexibility index (Phi) is 2.83. The molecule has 0 bridgehead atoms. The Bertz CT molecular complexity index is 499. The van der Waals surface area contributed by atoms with E-state index in [0.29, 0.717) is 23.2 Å². The maximum absolute atomic E-state index is 12.5. The molecule has 18 heavy (non-hydrogen) atoms. The Hall–Kier alpha value is -1.76. The number of rotatable bonds is 1. The number of carbonyl (C=O) groups is 1. The zero-order valence-corrected chi connectivity index (χ0v) is 10.4. The van der Waals surface area contributed by atoms with Gasteiger partial charge in [-0.1, -0.05) is 6.42 Å². The minimum absolute atomic E-state index is 0.0631. The van der Waals surface area contributed by atoms with Crippen molar-refractivity contribution < 1.29 is 4.79 Å². The Morgan fingerprint density at radius 3 is 3.00 bits per heavy atom. The van der Waals surface area contributed by atoms with Gasteiger partial charge in [-0.15, -0.1) is 0 Å². The van der Waals surface area contributed by atoms with Crippen LogP contribution < -0.4 is 0 Å². The molecule has 2 aliphatic rings. The topological polar surface area (TPSA) is 59.9 Å². The quantitative estimate of drug-likeness (QED) is 0.822. The molecule has 0 spiro atoms. The van der Waals surface area contributed by atoms with Crippen LogP contribution in [0.4, 0.5) is 0 Å². The Morgan fingerprint density at radius 2 is 2.22 bits per heavy atom. The Balaban J connectivity index is 1.81. The number of nitrogens with one attached hydrogen (secondary N) is 1. The van der Waals surface area contributed by atoms with Crippen molar-refractivity contribution in [3.8, 4) is 6.07 Å². The summed E-state index contributed by atoms with van der Waals surface area (Å²) in [6, 6.07) is 4.13. The maximum atomic E-state index is 12.5. The van der Waals surface area contributed by atoms with Crippen LogP contribution in [0.3, 0.4) is 0 Å². The lowest BCUT2D eigenvalue weighted by Crippen LogP contribution is -2.46. The smallest absolute Gasteiger partial charge is 0.270 e. The van der Waals surface area contributed by atoms with Crippen LogP contribution in [0.5, 0.6) is 0 Å². The standard InChI is InChI=1S/C14H17N3O/c15-8-10-7-12(16-9-10)14(18)17-6-2-4-11-3-1-5-13(11)17/h7,9,11,13,16H,1-6H2. The molecule has 4 heteroatoms. The summed E-state index contributed by atoms with van der Waals surface area (Å²) >= 11 is 0. The van der Waals surface area contributed by atoms with Crippen LogP contribution in [0.1, 0.15) is 48.2 Å². The average molecular weight is 243 g/mol. The molecule has 0 aromatic carbocycles. The third-order valence-corrected chi connectivity index (χ3v) is 4.30. The zero-order chi connectivity index (χ0) is 12.5. The number of aromatic nitrogens is 1. The Labute approximate surface area is 107 Å². The second-order valence-electron chi connectivity index (χ2n) is 5.31. The van der Waals surface area contributed by atoms with Crippen molar-refractivity contribution in [1.29, 1.82) is 5.26 Å². The highest BCUT2D eigenvalue weighted by molar-refractivity contribution is 5.93. The lowest BCUT2D eigenvalue weighted by molar-refractivity contribution is 0.0543. The summed E-state index contributed by atoms with van der Waals surface area (Å²) in [5, 5.41) is 8.80. The molecule has 1 aliphatic heterocycles.